The zero-order chi connectivity index (χ0) is 20.8. The Kier molecular flexibility index (Phi) is 6.59. The SMILES string of the molecule is COc1cc(C(=O)OCC(=O)c2ccc(C)c([N+](=O)[O-])c2)ccc1OC(F)F. The zero-order valence-electron chi connectivity index (χ0n) is 14.8. The lowest BCUT2D eigenvalue weighted by atomic mass is 10.1. The molecule has 0 amide bonds. The van der Waals surface area contributed by atoms with Crippen LogP contribution >= 0.6 is 0 Å². The monoisotopic (exact) mass is 395 g/mol. The number of ether oxygens (including phenoxy) is 3. The molecule has 0 saturated heterocycles. The van der Waals surface area contributed by atoms with E-state index in [9.17, 15) is 28.5 Å². The first kappa shape index (κ1) is 20.7. The van der Waals surface area contributed by atoms with E-state index < -0.39 is 29.9 Å². The van der Waals surface area contributed by atoms with Gasteiger partial charge in [-0.1, -0.05) is 12.1 Å². The molecule has 0 N–H and O–H groups in total. The lowest BCUT2D eigenvalue weighted by Gasteiger charge is -2.11. The van der Waals surface area contributed by atoms with Gasteiger partial charge in [0.15, 0.2) is 18.1 Å². The fraction of sp³-hybridized carbons (Fsp3) is 0.222. The van der Waals surface area contributed by atoms with Crippen LogP contribution in [0, 0.1) is 17.0 Å². The van der Waals surface area contributed by atoms with Gasteiger partial charge in [-0.2, -0.15) is 8.78 Å². The fourth-order valence-corrected chi connectivity index (χ4v) is 2.27. The summed E-state index contributed by atoms with van der Waals surface area (Å²) in [5.74, 6) is -1.93. The second-order valence-electron chi connectivity index (χ2n) is 5.50. The summed E-state index contributed by atoms with van der Waals surface area (Å²) in [6.07, 6.45) is 0. The maximum Gasteiger partial charge on any atom is 0.387 e. The summed E-state index contributed by atoms with van der Waals surface area (Å²) in [6, 6.07) is 7.31. The third kappa shape index (κ3) is 5.00. The van der Waals surface area contributed by atoms with Crippen LogP contribution in [0.5, 0.6) is 11.5 Å². The molecule has 0 saturated carbocycles. The van der Waals surface area contributed by atoms with Gasteiger partial charge in [0.1, 0.15) is 0 Å². The number of esters is 1. The number of nitrogens with zero attached hydrogens (tertiary/aromatic N) is 1. The zero-order valence-corrected chi connectivity index (χ0v) is 14.8. The van der Waals surface area contributed by atoms with Gasteiger partial charge >= 0.3 is 12.6 Å². The van der Waals surface area contributed by atoms with Crippen molar-refractivity contribution < 1.29 is 37.5 Å². The second kappa shape index (κ2) is 8.89. The van der Waals surface area contributed by atoms with Crippen molar-refractivity contribution in [3.63, 3.8) is 0 Å². The molecule has 0 atom stereocenters. The van der Waals surface area contributed by atoms with Gasteiger partial charge in [-0.25, -0.2) is 4.79 Å². The van der Waals surface area contributed by atoms with Gasteiger partial charge in [0, 0.05) is 17.2 Å². The first-order valence-corrected chi connectivity index (χ1v) is 7.81. The standard InChI is InChI=1S/C18H15F2NO7/c1-10-3-4-11(7-13(10)21(24)25)14(22)9-27-17(23)12-5-6-15(28-18(19)20)16(8-12)26-2/h3-8,18H,9H2,1-2H3. The third-order valence-electron chi connectivity index (χ3n) is 3.68. The van der Waals surface area contributed by atoms with Gasteiger partial charge in [0.05, 0.1) is 17.6 Å². The number of hydrogen-bond acceptors (Lipinski definition) is 7. The van der Waals surface area contributed by atoms with Crippen LogP contribution in [0.2, 0.25) is 0 Å². The number of Topliss-reactive ketones (excluding diaryl/α,β-unsaturated/α-hetero) is 1. The van der Waals surface area contributed by atoms with Crippen LogP contribution in [0.15, 0.2) is 36.4 Å². The average molecular weight is 395 g/mol. The van der Waals surface area contributed by atoms with Crippen molar-refractivity contribution in [2.24, 2.45) is 0 Å². The van der Waals surface area contributed by atoms with Crippen LogP contribution in [0.1, 0.15) is 26.3 Å². The van der Waals surface area contributed by atoms with E-state index in [0.29, 0.717) is 5.56 Å². The van der Waals surface area contributed by atoms with E-state index in [-0.39, 0.29) is 28.3 Å². The number of carbonyl (C=O) groups is 2. The minimum Gasteiger partial charge on any atom is -0.493 e. The number of nitro groups is 1. The Morgan fingerprint density at radius 2 is 1.79 bits per heavy atom. The first-order valence-electron chi connectivity index (χ1n) is 7.81. The van der Waals surface area contributed by atoms with E-state index in [2.05, 4.69) is 4.74 Å². The highest BCUT2D eigenvalue weighted by atomic mass is 19.3. The van der Waals surface area contributed by atoms with E-state index in [1.54, 1.807) is 0 Å². The average Bonchev–Trinajstić information content (AvgIpc) is 2.65. The van der Waals surface area contributed by atoms with Crippen molar-refractivity contribution in [3.8, 4) is 11.5 Å². The van der Waals surface area contributed by atoms with E-state index >= 15 is 0 Å². The predicted molar refractivity (Wildman–Crippen MR) is 92.1 cm³/mol. The van der Waals surface area contributed by atoms with E-state index in [1.807, 2.05) is 0 Å². The number of methoxy groups -OCH3 is 1. The molecular formula is C18H15F2NO7. The maximum absolute atomic E-state index is 12.3. The summed E-state index contributed by atoms with van der Waals surface area (Å²) in [7, 11) is 1.20. The lowest BCUT2D eigenvalue weighted by molar-refractivity contribution is -0.385. The number of halogens is 2. The number of rotatable bonds is 8. The lowest BCUT2D eigenvalue weighted by Crippen LogP contribution is -2.15. The van der Waals surface area contributed by atoms with Crippen LogP contribution in [-0.4, -0.2) is 37.0 Å². The number of nitro benzene ring substituents is 1. The molecule has 10 heteroatoms. The quantitative estimate of drug-likeness (QED) is 0.291. The van der Waals surface area contributed by atoms with Crippen LogP contribution in [-0.2, 0) is 4.74 Å². The van der Waals surface area contributed by atoms with Gasteiger partial charge in [-0.15, -0.1) is 0 Å². The molecule has 0 unspecified atom stereocenters. The Morgan fingerprint density at radius 1 is 1.11 bits per heavy atom. The number of benzene rings is 2. The van der Waals surface area contributed by atoms with Crippen LogP contribution in [0.25, 0.3) is 0 Å². The normalized spacial score (nSPS) is 10.5. The molecule has 0 aromatic heterocycles. The minimum atomic E-state index is -3.07. The van der Waals surface area contributed by atoms with Crippen molar-refractivity contribution in [1.82, 2.24) is 0 Å². The Labute approximate surface area is 157 Å². The molecule has 0 aliphatic carbocycles. The summed E-state index contributed by atoms with van der Waals surface area (Å²) < 4.78 is 38.7. The molecule has 2 aromatic rings. The summed E-state index contributed by atoms with van der Waals surface area (Å²) >= 11 is 0. The van der Waals surface area contributed by atoms with E-state index in [1.165, 1.54) is 32.2 Å². The van der Waals surface area contributed by atoms with Gasteiger partial charge in [0.2, 0.25) is 5.78 Å². The third-order valence-corrected chi connectivity index (χ3v) is 3.68. The molecule has 2 aromatic carbocycles. The smallest absolute Gasteiger partial charge is 0.387 e. The topological polar surface area (TPSA) is 105 Å². The van der Waals surface area contributed by atoms with Crippen molar-refractivity contribution in [2.45, 2.75) is 13.5 Å². The molecule has 0 aliphatic heterocycles. The van der Waals surface area contributed by atoms with Gasteiger partial charge in [-0.3, -0.25) is 14.9 Å². The highest BCUT2D eigenvalue weighted by Crippen LogP contribution is 2.29. The summed E-state index contributed by atoms with van der Waals surface area (Å²) in [5, 5.41) is 10.9. The first-order chi connectivity index (χ1) is 13.2. The fourth-order valence-electron chi connectivity index (χ4n) is 2.27. The molecule has 148 valence electrons. The van der Waals surface area contributed by atoms with E-state index in [4.69, 9.17) is 9.47 Å². The number of hydrogen-bond donors (Lipinski definition) is 0. The van der Waals surface area contributed by atoms with Crippen molar-refractivity contribution in [1.29, 1.82) is 0 Å². The Hall–Kier alpha value is -3.56. The number of ketones is 1. The molecule has 0 radical (unpaired) electrons. The molecule has 0 heterocycles. The highest BCUT2D eigenvalue weighted by molar-refractivity contribution is 6.00. The predicted octanol–water partition coefficient (Wildman–Crippen LogP) is 3.55. The number of alkyl halides is 2. The van der Waals surface area contributed by atoms with Crippen LogP contribution in [0.4, 0.5) is 14.5 Å². The van der Waals surface area contributed by atoms with Crippen LogP contribution < -0.4 is 9.47 Å². The second-order valence-corrected chi connectivity index (χ2v) is 5.50. The Bertz CT molecular complexity index is 915. The molecule has 28 heavy (non-hydrogen) atoms. The minimum absolute atomic E-state index is 0.0170. The Morgan fingerprint density at radius 3 is 2.39 bits per heavy atom. The molecule has 0 fully saturated rings. The van der Waals surface area contributed by atoms with Crippen molar-refractivity contribution in [2.75, 3.05) is 13.7 Å². The summed E-state index contributed by atoms with van der Waals surface area (Å²) in [4.78, 5) is 34.5. The molecule has 8 nitrogen and oxygen atoms in total. The molecule has 0 spiro atoms. The highest BCUT2D eigenvalue weighted by Gasteiger charge is 2.18. The summed E-state index contributed by atoms with van der Waals surface area (Å²) in [6.45, 7) is -2.19. The molecule has 0 aliphatic rings. The van der Waals surface area contributed by atoms with Gasteiger partial charge in [-0.05, 0) is 25.1 Å². The number of aryl methyl sites for hydroxylation is 1. The van der Waals surface area contributed by atoms with Crippen molar-refractivity contribution >= 4 is 17.4 Å². The molecular weight excluding hydrogens is 380 g/mol. The van der Waals surface area contributed by atoms with Gasteiger partial charge in [0.25, 0.3) is 5.69 Å². The van der Waals surface area contributed by atoms with Gasteiger partial charge < -0.3 is 14.2 Å². The Balaban J connectivity index is 2.08. The number of carbonyl (C=O) groups excluding carboxylic acids is 2. The molecule has 0 bridgehead atoms. The molecule has 2 rings (SSSR count). The van der Waals surface area contributed by atoms with E-state index in [0.717, 1.165) is 18.2 Å². The van der Waals surface area contributed by atoms with Crippen LogP contribution in [0.3, 0.4) is 0 Å². The largest absolute Gasteiger partial charge is 0.493 e. The maximum atomic E-state index is 12.3. The summed E-state index contributed by atoms with van der Waals surface area (Å²) in [5.41, 5.74) is 0.123. The van der Waals surface area contributed by atoms with Crippen molar-refractivity contribution in [3.05, 3.63) is 63.2 Å².